The Hall–Kier alpha value is 0.618. The van der Waals surface area contributed by atoms with Gasteiger partial charge in [-0.2, -0.15) is 34.6 Å². The molecule has 302 valence electrons. The van der Waals surface area contributed by atoms with Gasteiger partial charge >= 0.3 is 18.2 Å². The van der Waals surface area contributed by atoms with E-state index < -0.39 is 30.2 Å². The van der Waals surface area contributed by atoms with Crippen molar-refractivity contribution in [2.24, 2.45) is 28.6 Å². The molecule has 0 aliphatic heterocycles. The van der Waals surface area contributed by atoms with Gasteiger partial charge in [0.2, 0.25) is 0 Å². The van der Waals surface area contributed by atoms with Crippen molar-refractivity contribution < 1.29 is 107 Å². The fourth-order valence-corrected chi connectivity index (χ4v) is 8.90. The second kappa shape index (κ2) is 22.1. The predicted octanol–water partition coefficient (Wildman–Crippen LogP) is 10.7. The largest absolute Gasteiger partial charge is 0.453 e. The van der Waals surface area contributed by atoms with Gasteiger partial charge in [-0.3, -0.25) is 0 Å². The Labute approximate surface area is 372 Å². The Balaban J connectivity index is 0.00000137. The number of aliphatic hydroxyl groups excluding tert-OH is 1. The van der Waals surface area contributed by atoms with E-state index in [1.54, 1.807) is 6.92 Å². The number of carbonyl (C=O) groups excluding carboxylic acids is 1. The van der Waals surface area contributed by atoms with Crippen LogP contribution in [0.15, 0.2) is 18.2 Å². The molecule has 5 rings (SSSR count). The van der Waals surface area contributed by atoms with E-state index in [2.05, 4.69) is 71.6 Å². The normalized spacial score (nSPS) is 29.7. The van der Waals surface area contributed by atoms with Gasteiger partial charge in [-0.15, -0.1) is 0 Å². The Morgan fingerprint density at radius 3 is 2.19 bits per heavy atom. The zero-order valence-electron chi connectivity index (χ0n) is 32.7. The second-order valence-corrected chi connectivity index (χ2v) is 16.7. The third-order valence-corrected chi connectivity index (χ3v) is 12.0. The first-order chi connectivity index (χ1) is 23.2. The van der Waals surface area contributed by atoms with Gasteiger partial charge in [0, 0.05) is 78.3 Å². The maximum Gasteiger partial charge on any atom is 0.453 e. The van der Waals surface area contributed by atoms with Gasteiger partial charge in [-0.25, -0.2) is 4.79 Å². The van der Waals surface area contributed by atoms with Crippen LogP contribution in [0.25, 0.3) is 0 Å². The number of ether oxygens (including phenoxy) is 1. The number of alkyl halides is 5. The molecule has 3 N–H and O–H groups in total. The average molecular weight is 927 g/mol. The van der Waals surface area contributed by atoms with Gasteiger partial charge in [0.25, 0.3) is 0 Å². The minimum absolute atomic E-state index is 0. The van der Waals surface area contributed by atoms with Crippen LogP contribution in [-0.2, 0) is 71.8 Å². The molecule has 8 atom stereocenters. The van der Waals surface area contributed by atoms with Gasteiger partial charge < -0.3 is 48.0 Å². The number of amides is 1. The average Bonchev–Trinajstić information content (AvgIpc) is 3.49. The van der Waals surface area contributed by atoms with E-state index in [9.17, 15) is 37.0 Å². The third-order valence-electron chi connectivity index (χ3n) is 11.7. The molecule has 0 spiro atoms. The number of fused-ring (bicyclic) bond motifs is 5. The maximum atomic E-state index is 12.4. The van der Waals surface area contributed by atoms with Crippen LogP contribution < -0.4 is 10.1 Å². The fraction of sp³-hybridized carbons (Fsp3) is 0.750. The number of halogens is 5. The third kappa shape index (κ3) is 14.1. The van der Waals surface area contributed by atoms with E-state index in [4.69, 9.17) is 4.74 Å². The number of aliphatic hydroxyl groups is 2. The summed E-state index contributed by atoms with van der Waals surface area (Å²) in [4.78, 5) is 12.4. The number of hydrogen-bond donors (Lipinski definition) is 4. The van der Waals surface area contributed by atoms with Gasteiger partial charge in [0.1, 0.15) is 5.75 Å². The molecule has 0 aromatic heterocycles. The number of thiol groups is 1. The number of carbonyl (C=O) groups is 1. The molecular formula is C40H63F5NO4SY2-3. The zero-order valence-corrected chi connectivity index (χ0v) is 39.3. The molecule has 0 heterocycles. The molecule has 2 radical (unpaired) electrons. The minimum Gasteiger partial charge on any atom is -0.410 e. The Kier molecular flexibility index (Phi) is 22.4. The number of hydrogen-bond acceptors (Lipinski definition) is 5. The van der Waals surface area contributed by atoms with Crippen LogP contribution in [0.1, 0.15) is 129 Å². The topological polar surface area (TPSA) is 78.8 Å². The standard InChI is InChI=1S/C31H47NO4.C5H7F5S.C3H6.CH3.2Y/c1-6-13-29(2,3)14-11-19-16-20-17-21(36-28(34)32-25-18-31(25,5)35)7-8-22(20)23-12-15-30(4)24(27(19)23)9-10-26(30)33;6-4(7,2-1-3-11)5(8,9)10;1-3-2;;;/h7-8,17,19,23-27,33,35H,6,9-16,18H2,1-5H3,(H,32,34);11H,1-3H2;1-3H2;1H3;;/q;;-2;-1;;. The van der Waals surface area contributed by atoms with Crippen molar-refractivity contribution in [3.63, 3.8) is 0 Å². The first-order valence-corrected chi connectivity index (χ1v) is 18.9. The number of rotatable bonds is 10. The molecule has 3 saturated carbocycles. The molecule has 8 unspecified atom stereocenters. The van der Waals surface area contributed by atoms with Crippen molar-refractivity contribution in [2.45, 2.75) is 154 Å². The molecule has 4 aliphatic rings. The van der Waals surface area contributed by atoms with Gasteiger partial charge in [0.05, 0.1) is 17.7 Å². The Morgan fingerprint density at radius 1 is 1.06 bits per heavy atom. The minimum atomic E-state index is -5.42. The van der Waals surface area contributed by atoms with E-state index in [0.29, 0.717) is 41.3 Å². The molecule has 1 aromatic rings. The second-order valence-electron chi connectivity index (χ2n) is 16.2. The summed E-state index contributed by atoms with van der Waals surface area (Å²) < 4.78 is 63.7. The van der Waals surface area contributed by atoms with Crippen LogP contribution in [0, 0.1) is 49.9 Å². The van der Waals surface area contributed by atoms with E-state index >= 15 is 0 Å². The zero-order chi connectivity index (χ0) is 37.7. The van der Waals surface area contributed by atoms with Crippen molar-refractivity contribution in [1.82, 2.24) is 5.32 Å². The summed E-state index contributed by atoms with van der Waals surface area (Å²) in [5, 5.41) is 23.7. The summed E-state index contributed by atoms with van der Waals surface area (Å²) in [6.07, 6.45) is 4.10. The number of benzene rings is 1. The Morgan fingerprint density at radius 2 is 1.66 bits per heavy atom. The summed E-state index contributed by atoms with van der Waals surface area (Å²) in [5.74, 6) is -1.60. The molecule has 0 bridgehead atoms. The predicted molar refractivity (Wildman–Crippen MR) is 198 cm³/mol. The summed E-state index contributed by atoms with van der Waals surface area (Å²) in [6, 6.07) is 6.02. The molecule has 3 fully saturated rings. The number of nitrogens with one attached hydrogen (secondary N) is 1. The first kappa shape index (κ1) is 53.6. The molecule has 53 heavy (non-hydrogen) atoms. The Bertz CT molecular complexity index is 1270. The monoisotopic (exact) mass is 926 g/mol. The van der Waals surface area contributed by atoms with Gasteiger partial charge in [-0.1, -0.05) is 40.2 Å². The molecule has 13 heteroatoms. The van der Waals surface area contributed by atoms with Gasteiger partial charge in [0.15, 0.2) is 0 Å². The molecule has 4 aliphatic carbocycles. The van der Waals surface area contributed by atoms with E-state index in [0.717, 1.165) is 38.5 Å². The molecule has 1 amide bonds. The molecule has 5 nitrogen and oxygen atoms in total. The van der Waals surface area contributed by atoms with Crippen molar-refractivity contribution in [3.05, 3.63) is 50.6 Å². The molecular weight excluding hydrogens is 863 g/mol. The SMILES string of the molecule is CCCC(C)(C)CCC1Cc2cc(OC(=O)NC3CC3(C)O)ccc2C2CCC3(C)C(O)CCC3C12.FC(F)(F)C(F)(F)CCCS.[CH2-]C[CH2-].[CH3-].[Y].[Y]. The van der Waals surface area contributed by atoms with Crippen molar-refractivity contribution in [2.75, 3.05) is 5.75 Å². The van der Waals surface area contributed by atoms with Crippen molar-refractivity contribution >= 4 is 18.7 Å². The van der Waals surface area contributed by atoms with E-state index in [-0.39, 0.29) is 103 Å². The van der Waals surface area contributed by atoms with Crippen LogP contribution in [0.4, 0.5) is 26.7 Å². The van der Waals surface area contributed by atoms with Crippen LogP contribution in [0.2, 0.25) is 0 Å². The maximum absolute atomic E-state index is 12.4. The summed E-state index contributed by atoms with van der Waals surface area (Å²) in [7, 11) is 0. The van der Waals surface area contributed by atoms with Crippen LogP contribution in [-0.4, -0.2) is 51.9 Å². The first-order valence-electron chi connectivity index (χ1n) is 18.3. The quantitative estimate of drug-likeness (QED) is 0.107. The van der Waals surface area contributed by atoms with Gasteiger partial charge in [-0.05, 0) is 128 Å². The van der Waals surface area contributed by atoms with Crippen LogP contribution >= 0.6 is 12.6 Å². The summed E-state index contributed by atoms with van der Waals surface area (Å²) >= 11 is 3.53. The van der Waals surface area contributed by atoms with Crippen LogP contribution in [0.3, 0.4) is 0 Å². The van der Waals surface area contributed by atoms with Crippen LogP contribution in [0.5, 0.6) is 5.75 Å². The van der Waals surface area contributed by atoms with Crippen molar-refractivity contribution in [3.8, 4) is 5.75 Å². The molecule has 0 saturated heterocycles. The smallest absolute Gasteiger partial charge is 0.410 e. The molecule has 1 aromatic carbocycles. The van der Waals surface area contributed by atoms with E-state index in [1.165, 1.54) is 36.8 Å². The van der Waals surface area contributed by atoms with Crippen molar-refractivity contribution in [1.29, 1.82) is 0 Å². The summed E-state index contributed by atoms with van der Waals surface area (Å²) in [6.45, 7) is 17.9. The summed E-state index contributed by atoms with van der Waals surface area (Å²) in [5.41, 5.74) is 2.36. The fourth-order valence-electron chi connectivity index (χ4n) is 8.74. The van der Waals surface area contributed by atoms with E-state index in [1.807, 2.05) is 6.07 Å².